The minimum Gasteiger partial charge on any atom is -0.444 e. The van der Waals surface area contributed by atoms with Crippen LogP contribution < -0.4 is 4.90 Å². The monoisotopic (exact) mass is 331 g/mol. The van der Waals surface area contributed by atoms with Crippen molar-refractivity contribution in [1.29, 1.82) is 0 Å². The highest BCUT2D eigenvalue weighted by atomic mass is 32.1. The van der Waals surface area contributed by atoms with Gasteiger partial charge in [-0.15, -0.1) is 11.3 Å². The average molecular weight is 331 g/mol. The van der Waals surface area contributed by atoms with Gasteiger partial charge in [-0.05, 0) is 45.4 Å². The number of aromatic nitrogens is 1. The first-order valence-corrected chi connectivity index (χ1v) is 8.83. The highest BCUT2D eigenvalue weighted by molar-refractivity contribution is 7.22. The molecule has 122 valence electrons. The zero-order valence-electron chi connectivity index (χ0n) is 13.7. The number of amides is 1. The molecule has 0 aliphatic carbocycles. The van der Waals surface area contributed by atoms with E-state index in [9.17, 15) is 4.79 Å². The lowest BCUT2D eigenvalue weighted by atomic mass is 10.2. The molecule has 0 unspecified atom stereocenters. The molecule has 2 aliphatic heterocycles. The number of likely N-dealkylation sites (tertiary alicyclic amines) is 1. The van der Waals surface area contributed by atoms with Crippen molar-refractivity contribution in [2.24, 2.45) is 0 Å². The van der Waals surface area contributed by atoms with Crippen molar-refractivity contribution in [2.45, 2.75) is 44.9 Å². The van der Waals surface area contributed by atoms with Crippen LogP contribution in [0.3, 0.4) is 0 Å². The number of ether oxygens (including phenoxy) is 1. The number of rotatable bonds is 1. The van der Waals surface area contributed by atoms with Crippen molar-refractivity contribution in [2.75, 3.05) is 18.0 Å². The third-order valence-corrected chi connectivity index (χ3v) is 5.55. The van der Waals surface area contributed by atoms with Gasteiger partial charge in [0.2, 0.25) is 0 Å². The molecule has 0 spiro atoms. The van der Waals surface area contributed by atoms with E-state index < -0.39 is 5.60 Å². The Morgan fingerprint density at radius 2 is 2.17 bits per heavy atom. The lowest BCUT2D eigenvalue weighted by Crippen LogP contribution is -2.50. The summed E-state index contributed by atoms with van der Waals surface area (Å²) in [6.07, 6.45) is 2.68. The fraction of sp³-hybridized carbons (Fsp3) is 0.529. The van der Waals surface area contributed by atoms with Crippen LogP contribution in [0.4, 0.5) is 9.80 Å². The molecule has 2 aromatic heterocycles. The highest BCUT2D eigenvalue weighted by Gasteiger charge is 2.46. The molecule has 6 heteroatoms. The molecular formula is C17H21N3O2S. The number of carbonyl (C=O) groups is 1. The fourth-order valence-corrected chi connectivity index (χ4v) is 4.58. The number of pyridine rings is 1. The van der Waals surface area contributed by atoms with E-state index in [2.05, 4.69) is 22.0 Å². The van der Waals surface area contributed by atoms with Gasteiger partial charge < -0.3 is 14.5 Å². The average Bonchev–Trinajstić information content (AvgIpc) is 3.17. The maximum Gasteiger partial charge on any atom is 0.410 e. The zero-order chi connectivity index (χ0) is 16.2. The van der Waals surface area contributed by atoms with Crippen molar-refractivity contribution < 1.29 is 9.53 Å². The SMILES string of the molecule is CC(C)(C)OC(=O)N1C[C@@H]2C[C@H]1CN2c1cc2ncccc2s1. The van der Waals surface area contributed by atoms with Crippen LogP contribution in [0.15, 0.2) is 24.4 Å². The number of piperazine rings is 1. The van der Waals surface area contributed by atoms with Crippen molar-refractivity contribution in [3.05, 3.63) is 24.4 Å². The number of thiophene rings is 1. The third kappa shape index (κ3) is 2.65. The maximum atomic E-state index is 12.3. The Labute approximate surface area is 139 Å². The van der Waals surface area contributed by atoms with E-state index in [4.69, 9.17) is 4.74 Å². The van der Waals surface area contributed by atoms with Gasteiger partial charge in [0.1, 0.15) is 5.60 Å². The summed E-state index contributed by atoms with van der Waals surface area (Å²) in [6, 6.07) is 6.90. The first-order valence-electron chi connectivity index (χ1n) is 8.01. The van der Waals surface area contributed by atoms with Crippen molar-refractivity contribution >= 4 is 32.6 Å². The number of hydrogen-bond acceptors (Lipinski definition) is 5. The van der Waals surface area contributed by atoms with Gasteiger partial charge >= 0.3 is 6.09 Å². The molecule has 0 radical (unpaired) electrons. The van der Waals surface area contributed by atoms with Crippen LogP contribution in [0.1, 0.15) is 27.2 Å². The van der Waals surface area contributed by atoms with Crippen molar-refractivity contribution in [1.82, 2.24) is 9.88 Å². The first kappa shape index (κ1) is 14.8. The van der Waals surface area contributed by atoms with Gasteiger partial charge in [0.15, 0.2) is 0 Å². The molecule has 2 atom stereocenters. The molecule has 5 nitrogen and oxygen atoms in total. The lowest BCUT2D eigenvalue weighted by Gasteiger charge is -2.35. The molecule has 0 aromatic carbocycles. The van der Waals surface area contributed by atoms with Crippen LogP contribution >= 0.6 is 11.3 Å². The molecule has 4 rings (SSSR count). The quantitative estimate of drug-likeness (QED) is 0.802. The molecule has 0 N–H and O–H groups in total. The van der Waals surface area contributed by atoms with Crippen LogP contribution in [-0.2, 0) is 4.74 Å². The summed E-state index contributed by atoms with van der Waals surface area (Å²) < 4.78 is 6.74. The highest BCUT2D eigenvalue weighted by Crippen LogP contribution is 2.40. The molecule has 2 aliphatic rings. The topological polar surface area (TPSA) is 45.7 Å². The summed E-state index contributed by atoms with van der Waals surface area (Å²) in [6.45, 7) is 7.37. The second-order valence-corrected chi connectivity index (χ2v) is 8.36. The maximum absolute atomic E-state index is 12.3. The van der Waals surface area contributed by atoms with Crippen LogP contribution in [0, 0.1) is 0 Å². The van der Waals surface area contributed by atoms with E-state index >= 15 is 0 Å². The minimum atomic E-state index is -0.435. The molecule has 0 saturated carbocycles. The van der Waals surface area contributed by atoms with Gasteiger partial charge in [0.05, 0.1) is 21.3 Å². The zero-order valence-corrected chi connectivity index (χ0v) is 14.5. The van der Waals surface area contributed by atoms with E-state index in [1.807, 2.05) is 37.9 Å². The molecule has 4 heterocycles. The standard InChI is InChI=1S/C17H21N3O2S/c1-17(2,3)22-16(21)20-10-11-7-12(20)9-19(11)15-8-13-14(23-15)5-4-6-18-13/h4-6,8,11-12H,7,9-10H2,1-3H3/t11-,12-/m0/s1. The van der Waals surface area contributed by atoms with Gasteiger partial charge in [-0.25, -0.2) is 4.79 Å². The smallest absolute Gasteiger partial charge is 0.410 e. The summed E-state index contributed by atoms with van der Waals surface area (Å²) in [5.74, 6) is 0. The molecule has 1 amide bonds. The number of hydrogen-bond donors (Lipinski definition) is 0. The van der Waals surface area contributed by atoms with E-state index in [1.165, 1.54) is 9.70 Å². The van der Waals surface area contributed by atoms with E-state index in [0.29, 0.717) is 6.04 Å². The van der Waals surface area contributed by atoms with Gasteiger partial charge in [-0.3, -0.25) is 4.98 Å². The van der Waals surface area contributed by atoms with Crippen molar-refractivity contribution in [3.63, 3.8) is 0 Å². The molecule has 2 fully saturated rings. The minimum absolute atomic E-state index is 0.178. The normalized spacial score (nSPS) is 23.8. The summed E-state index contributed by atoms with van der Waals surface area (Å²) in [5.41, 5.74) is 0.620. The Balaban J connectivity index is 1.49. The number of nitrogens with zero attached hydrogens (tertiary/aromatic N) is 3. The van der Waals surface area contributed by atoms with E-state index in [0.717, 1.165) is 25.0 Å². The van der Waals surface area contributed by atoms with Gasteiger partial charge in [-0.1, -0.05) is 0 Å². The third-order valence-electron chi connectivity index (χ3n) is 4.43. The largest absolute Gasteiger partial charge is 0.444 e. The second-order valence-electron chi connectivity index (χ2n) is 7.30. The summed E-state index contributed by atoms with van der Waals surface area (Å²) >= 11 is 1.78. The molecular weight excluding hydrogens is 310 g/mol. The summed E-state index contributed by atoms with van der Waals surface area (Å²) in [4.78, 5) is 21.1. The van der Waals surface area contributed by atoms with Gasteiger partial charge in [0, 0.05) is 25.3 Å². The Bertz CT molecular complexity index is 719. The van der Waals surface area contributed by atoms with E-state index in [-0.39, 0.29) is 12.1 Å². The lowest BCUT2D eigenvalue weighted by molar-refractivity contribution is 0.0215. The van der Waals surface area contributed by atoms with Crippen LogP contribution in [0.2, 0.25) is 0 Å². The Kier molecular flexibility index (Phi) is 3.27. The van der Waals surface area contributed by atoms with Crippen LogP contribution in [0.25, 0.3) is 10.2 Å². The van der Waals surface area contributed by atoms with Crippen LogP contribution in [0.5, 0.6) is 0 Å². The molecule has 2 saturated heterocycles. The van der Waals surface area contributed by atoms with E-state index in [1.54, 1.807) is 11.3 Å². The Hall–Kier alpha value is -1.82. The number of anilines is 1. The Morgan fingerprint density at radius 3 is 2.83 bits per heavy atom. The van der Waals surface area contributed by atoms with Crippen molar-refractivity contribution in [3.8, 4) is 0 Å². The number of carbonyl (C=O) groups excluding carboxylic acids is 1. The molecule has 2 bridgehead atoms. The molecule has 23 heavy (non-hydrogen) atoms. The second kappa shape index (κ2) is 5.09. The summed E-state index contributed by atoms with van der Waals surface area (Å²) in [5, 5.41) is 1.26. The fourth-order valence-electron chi connectivity index (χ4n) is 3.48. The number of fused-ring (bicyclic) bond motifs is 3. The van der Waals surface area contributed by atoms with Crippen LogP contribution in [-0.4, -0.2) is 46.8 Å². The summed E-state index contributed by atoms with van der Waals surface area (Å²) in [7, 11) is 0. The van der Waals surface area contributed by atoms with Gasteiger partial charge in [-0.2, -0.15) is 0 Å². The Morgan fingerprint density at radius 1 is 1.35 bits per heavy atom. The molecule has 2 aromatic rings. The predicted octanol–water partition coefficient (Wildman–Crippen LogP) is 3.49. The first-order chi connectivity index (χ1) is 10.9. The van der Waals surface area contributed by atoms with Gasteiger partial charge in [0.25, 0.3) is 0 Å². The predicted molar refractivity (Wildman–Crippen MR) is 92.1 cm³/mol.